The minimum atomic E-state index is -3.02. The van der Waals surface area contributed by atoms with Crippen molar-refractivity contribution in [3.8, 4) is 23.0 Å². The Morgan fingerprint density at radius 1 is 1.10 bits per heavy atom. The van der Waals surface area contributed by atoms with Gasteiger partial charge in [0.2, 0.25) is 5.92 Å². The van der Waals surface area contributed by atoms with E-state index in [9.17, 15) is 27.3 Å². The van der Waals surface area contributed by atoms with Gasteiger partial charge in [0.15, 0.2) is 15.7 Å². The fraction of sp³-hybridized carbons (Fsp3) is 0.467. The van der Waals surface area contributed by atoms with E-state index >= 15 is 0 Å². The molecule has 0 spiro atoms. The molecule has 2 atom stereocenters. The van der Waals surface area contributed by atoms with E-state index in [1.807, 2.05) is 29.2 Å². The van der Waals surface area contributed by atoms with Crippen molar-refractivity contribution in [1.29, 1.82) is 5.26 Å². The number of nitrogens with zero attached hydrogens (tertiary/aromatic N) is 5. The van der Waals surface area contributed by atoms with Gasteiger partial charge in [-0.05, 0) is 49.1 Å². The predicted octanol–water partition coefficient (Wildman–Crippen LogP) is 5.60. The first-order valence-corrected chi connectivity index (χ1v) is 16.3. The monoisotopic (exact) mass is 613 g/mol. The Bertz CT molecular complexity index is 1630. The molecule has 3 heterocycles. The minimum Gasteiger partial charge on any atom is -0.369 e. The van der Waals surface area contributed by atoms with Crippen LogP contribution in [0.5, 0.6) is 0 Å². The van der Waals surface area contributed by atoms with Crippen LogP contribution in [0.15, 0.2) is 48.8 Å². The van der Waals surface area contributed by atoms with E-state index in [-0.39, 0.29) is 36.6 Å². The van der Waals surface area contributed by atoms with E-state index in [1.165, 1.54) is 10.9 Å². The Morgan fingerprint density at radius 3 is 2.43 bits per heavy atom. The van der Waals surface area contributed by atoms with Crippen LogP contribution < -0.4 is 4.90 Å². The zero-order valence-electron chi connectivity index (χ0n) is 22.8. The summed E-state index contributed by atoms with van der Waals surface area (Å²) < 4.78 is 55.1. The standard InChI is InChI=1S/C30H30ClF2N5O3S/c31-21-3-6-27(35-17-21)38-18-25(20-1-4-22(5-2-20)37-11-13-42(40,41)14-12-37)28(36-38)24-15-30(32,33)8-7-23(24)26(39)16-29(19-34)9-10-29/h1-6,17-18,23-24H,7-16H2/t23-,24-/m1/s1. The Balaban J connectivity index is 1.38. The topological polar surface area (TPSA) is 109 Å². The summed E-state index contributed by atoms with van der Waals surface area (Å²) in [5, 5.41) is 14.8. The summed E-state index contributed by atoms with van der Waals surface area (Å²) in [6, 6.07) is 13.1. The molecule has 8 nitrogen and oxygen atoms in total. The minimum absolute atomic E-state index is 0.0281. The Kier molecular flexibility index (Phi) is 7.34. The van der Waals surface area contributed by atoms with Crippen molar-refractivity contribution in [2.75, 3.05) is 29.5 Å². The molecule has 12 heteroatoms. The van der Waals surface area contributed by atoms with Crippen molar-refractivity contribution in [3.05, 3.63) is 59.5 Å². The third kappa shape index (κ3) is 5.92. The van der Waals surface area contributed by atoms with Gasteiger partial charge in [-0.15, -0.1) is 0 Å². The number of pyridine rings is 1. The van der Waals surface area contributed by atoms with E-state index in [0.717, 1.165) is 11.3 Å². The number of anilines is 1. The molecule has 3 fully saturated rings. The van der Waals surface area contributed by atoms with Gasteiger partial charge in [-0.3, -0.25) is 4.79 Å². The van der Waals surface area contributed by atoms with Gasteiger partial charge in [0.25, 0.3) is 0 Å². The van der Waals surface area contributed by atoms with Gasteiger partial charge in [-0.1, -0.05) is 23.7 Å². The maximum absolute atomic E-state index is 14.9. The molecule has 2 saturated carbocycles. The quantitative estimate of drug-likeness (QED) is 0.341. The van der Waals surface area contributed by atoms with E-state index in [0.29, 0.717) is 48.0 Å². The summed E-state index contributed by atoms with van der Waals surface area (Å²) in [6.07, 6.45) is 3.73. The molecule has 6 rings (SSSR count). The Morgan fingerprint density at radius 2 is 1.81 bits per heavy atom. The molecule has 42 heavy (non-hydrogen) atoms. The number of ketones is 1. The molecular formula is C30H30ClF2N5O3S. The number of rotatable bonds is 7. The molecule has 2 aromatic heterocycles. The van der Waals surface area contributed by atoms with Gasteiger partial charge in [-0.2, -0.15) is 10.4 Å². The molecule has 0 N–H and O–H groups in total. The first-order valence-electron chi connectivity index (χ1n) is 14.1. The van der Waals surface area contributed by atoms with Crippen LogP contribution in [0.2, 0.25) is 5.02 Å². The van der Waals surface area contributed by atoms with Crippen LogP contribution in [0.1, 0.15) is 50.1 Å². The predicted molar refractivity (Wildman–Crippen MR) is 155 cm³/mol. The summed E-state index contributed by atoms with van der Waals surface area (Å²) in [7, 11) is -3.02. The molecule has 0 bridgehead atoms. The molecule has 1 aliphatic heterocycles. The summed E-state index contributed by atoms with van der Waals surface area (Å²) >= 11 is 6.03. The van der Waals surface area contributed by atoms with Gasteiger partial charge in [-0.25, -0.2) is 26.9 Å². The zero-order valence-corrected chi connectivity index (χ0v) is 24.4. The molecule has 1 saturated heterocycles. The molecule has 0 unspecified atom stereocenters. The highest BCUT2D eigenvalue weighted by Gasteiger charge is 2.50. The highest BCUT2D eigenvalue weighted by molar-refractivity contribution is 7.91. The lowest BCUT2D eigenvalue weighted by molar-refractivity contribution is -0.129. The highest BCUT2D eigenvalue weighted by atomic mass is 35.5. The van der Waals surface area contributed by atoms with E-state index < -0.39 is 39.4 Å². The van der Waals surface area contributed by atoms with Gasteiger partial charge in [0, 0.05) is 67.8 Å². The van der Waals surface area contributed by atoms with Gasteiger partial charge in [0.05, 0.1) is 33.7 Å². The fourth-order valence-electron chi connectivity index (χ4n) is 6.08. The van der Waals surface area contributed by atoms with Crippen LogP contribution in [0, 0.1) is 22.7 Å². The second-order valence-electron chi connectivity index (χ2n) is 11.7. The van der Waals surface area contributed by atoms with E-state index in [4.69, 9.17) is 16.7 Å². The van der Waals surface area contributed by atoms with Crippen LogP contribution in [-0.4, -0.2) is 59.5 Å². The molecule has 2 aliphatic carbocycles. The van der Waals surface area contributed by atoms with Crippen molar-refractivity contribution in [3.63, 3.8) is 0 Å². The number of halogens is 3. The molecule has 1 aromatic carbocycles. The lowest BCUT2D eigenvalue weighted by Gasteiger charge is -2.35. The van der Waals surface area contributed by atoms with E-state index in [1.54, 1.807) is 18.3 Å². The number of carbonyl (C=O) groups is 1. The van der Waals surface area contributed by atoms with Gasteiger partial charge in [0.1, 0.15) is 5.78 Å². The van der Waals surface area contributed by atoms with Crippen LogP contribution in [0.3, 0.4) is 0 Å². The number of hydrogen-bond acceptors (Lipinski definition) is 7. The van der Waals surface area contributed by atoms with Crippen molar-refractivity contribution in [2.45, 2.75) is 50.4 Å². The summed E-state index contributed by atoms with van der Waals surface area (Å²) in [5.74, 6) is -3.99. The molecule has 0 amide bonds. The average Bonchev–Trinajstić information content (AvgIpc) is 3.59. The largest absolute Gasteiger partial charge is 0.369 e. The van der Waals surface area contributed by atoms with E-state index in [2.05, 4.69) is 11.1 Å². The van der Waals surface area contributed by atoms with Crippen molar-refractivity contribution in [1.82, 2.24) is 14.8 Å². The second-order valence-corrected chi connectivity index (χ2v) is 14.5. The maximum atomic E-state index is 14.9. The van der Waals surface area contributed by atoms with Crippen LogP contribution in [0.25, 0.3) is 16.9 Å². The number of hydrogen-bond donors (Lipinski definition) is 0. The number of carbonyl (C=O) groups excluding carboxylic acids is 1. The van der Waals surface area contributed by atoms with Crippen molar-refractivity contribution < 1.29 is 22.0 Å². The average molecular weight is 614 g/mol. The number of aromatic nitrogens is 3. The van der Waals surface area contributed by atoms with Gasteiger partial charge >= 0.3 is 0 Å². The van der Waals surface area contributed by atoms with Crippen LogP contribution in [0.4, 0.5) is 14.5 Å². The summed E-state index contributed by atoms with van der Waals surface area (Å²) in [5.41, 5.74) is 1.94. The summed E-state index contributed by atoms with van der Waals surface area (Å²) in [4.78, 5) is 19.9. The SMILES string of the molecule is N#CC1(CC(=O)[C@@H]2CCC(F)(F)C[C@H]2c2nn(-c3ccc(Cl)cn3)cc2-c2ccc(N3CCS(=O)(=O)CC3)cc2)CC1. The number of Topliss-reactive ketones (excluding diaryl/α,β-unsaturated/α-hetero) is 1. The molecule has 3 aliphatic rings. The van der Waals surface area contributed by atoms with Crippen molar-refractivity contribution in [2.24, 2.45) is 11.3 Å². The molecule has 3 aromatic rings. The first kappa shape index (κ1) is 28.7. The van der Waals surface area contributed by atoms with Crippen LogP contribution in [-0.2, 0) is 14.6 Å². The lowest BCUT2D eigenvalue weighted by Crippen LogP contribution is -2.40. The number of sulfone groups is 1. The second kappa shape index (κ2) is 10.7. The Labute approximate surface area is 248 Å². The zero-order chi connectivity index (χ0) is 29.7. The first-order chi connectivity index (χ1) is 20.0. The fourth-order valence-corrected chi connectivity index (χ4v) is 7.39. The third-order valence-corrected chi connectivity index (χ3v) is 10.6. The number of alkyl halides is 2. The summed E-state index contributed by atoms with van der Waals surface area (Å²) in [6.45, 7) is 0.802. The normalized spacial score (nSPS) is 24.1. The Hall–Kier alpha value is -3.36. The smallest absolute Gasteiger partial charge is 0.248 e. The lowest BCUT2D eigenvalue weighted by atomic mass is 9.71. The molecule has 0 radical (unpaired) electrons. The molecule has 220 valence electrons. The maximum Gasteiger partial charge on any atom is 0.248 e. The number of benzene rings is 1. The molecular weight excluding hydrogens is 584 g/mol. The highest BCUT2D eigenvalue weighted by Crippen LogP contribution is 2.52. The number of nitriles is 1. The van der Waals surface area contributed by atoms with Crippen molar-refractivity contribution >= 4 is 32.9 Å². The van der Waals surface area contributed by atoms with Crippen LogP contribution >= 0.6 is 11.6 Å². The third-order valence-electron chi connectivity index (χ3n) is 8.77. The van der Waals surface area contributed by atoms with Gasteiger partial charge < -0.3 is 4.90 Å².